The molecule has 19 heavy (non-hydrogen) atoms. The third-order valence-electron chi connectivity index (χ3n) is 3.57. The molecule has 0 saturated carbocycles. The second-order valence-corrected chi connectivity index (χ2v) is 4.76. The highest BCUT2D eigenvalue weighted by molar-refractivity contribution is 5.45. The van der Waals surface area contributed by atoms with Gasteiger partial charge < -0.3 is 24.6 Å². The standard InChI is InChI=1S/C14H21NO4/c1-17-12-5-3-4-11(13(12)16)8-15-9-14(18-2)6-7-19-10-14/h3-5,15-16H,6-10H2,1-2H3. The van der Waals surface area contributed by atoms with Crippen LogP contribution in [0.2, 0.25) is 0 Å². The van der Waals surface area contributed by atoms with Gasteiger partial charge in [-0.25, -0.2) is 0 Å². The van der Waals surface area contributed by atoms with Crippen LogP contribution in [0.25, 0.3) is 0 Å². The molecule has 106 valence electrons. The van der Waals surface area contributed by atoms with E-state index in [1.807, 2.05) is 12.1 Å². The first-order valence-corrected chi connectivity index (χ1v) is 6.39. The number of ether oxygens (including phenoxy) is 3. The van der Waals surface area contributed by atoms with E-state index < -0.39 is 0 Å². The number of methoxy groups -OCH3 is 2. The highest BCUT2D eigenvalue weighted by Gasteiger charge is 2.34. The number of hydrogen-bond acceptors (Lipinski definition) is 5. The fourth-order valence-electron chi connectivity index (χ4n) is 2.26. The molecule has 0 aliphatic carbocycles. The number of phenolic OH excluding ortho intramolecular Hbond substituents is 1. The smallest absolute Gasteiger partial charge is 0.162 e. The molecule has 1 atom stereocenters. The molecule has 0 spiro atoms. The molecule has 5 nitrogen and oxygen atoms in total. The van der Waals surface area contributed by atoms with Crippen molar-refractivity contribution in [3.8, 4) is 11.5 Å². The second kappa shape index (κ2) is 6.23. The summed E-state index contributed by atoms with van der Waals surface area (Å²) in [7, 11) is 3.25. The Kier molecular flexibility index (Phi) is 4.63. The Bertz CT molecular complexity index is 416. The van der Waals surface area contributed by atoms with Crippen LogP contribution in [0.1, 0.15) is 12.0 Å². The van der Waals surface area contributed by atoms with Crippen molar-refractivity contribution in [2.75, 3.05) is 34.0 Å². The lowest BCUT2D eigenvalue weighted by atomic mass is 10.0. The molecule has 0 bridgehead atoms. The number of para-hydroxylation sites is 1. The van der Waals surface area contributed by atoms with Gasteiger partial charge in [0, 0.05) is 38.8 Å². The summed E-state index contributed by atoms with van der Waals surface area (Å²) >= 11 is 0. The molecule has 0 amide bonds. The van der Waals surface area contributed by atoms with Gasteiger partial charge in [0.05, 0.1) is 13.7 Å². The Balaban J connectivity index is 1.92. The molecule has 5 heteroatoms. The zero-order valence-electron chi connectivity index (χ0n) is 11.4. The lowest BCUT2D eigenvalue weighted by molar-refractivity contribution is -0.0159. The van der Waals surface area contributed by atoms with Crippen LogP contribution in [0.15, 0.2) is 18.2 Å². The van der Waals surface area contributed by atoms with E-state index in [4.69, 9.17) is 14.2 Å². The molecule has 1 aliphatic rings. The van der Waals surface area contributed by atoms with Gasteiger partial charge in [0.25, 0.3) is 0 Å². The van der Waals surface area contributed by atoms with E-state index in [1.165, 1.54) is 0 Å². The van der Waals surface area contributed by atoms with Crippen molar-refractivity contribution in [1.82, 2.24) is 5.32 Å². The molecule has 2 N–H and O–H groups in total. The molecule has 1 saturated heterocycles. The number of hydrogen-bond donors (Lipinski definition) is 2. The minimum Gasteiger partial charge on any atom is -0.504 e. The summed E-state index contributed by atoms with van der Waals surface area (Å²) in [6.45, 7) is 2.61. The SMILES string of the molecule is COc1cccc(CNCC2(OC)CCOC2)c1O. The fraction of sp³-hybridized carbons (Fsp3) is 0.571. The number of nitrogens with one attached hydrogen (secondary N) is 1. The number of phenols is 1. The Morgan fingerprint density at radius 1 is 1.42 bits per heavy atom. The minimum atomic E-state index is -0.242. The molecule has 1 heterocycles. The normalized spacial score (nSPS) is 22.6. The lowest BCUT2D eigenvalue weighted by Crippen LogP contribution is -2.42. The van der Waals surface area contributed by atoms with Crippen LogP contribution in [-0.4, -0.2) is 44.7 Å². The maximum Gasteiger partial charge on any atom is 0.162 e. The molecule has 1 aliphatic heterocycles. The van der Waals surface area contributed by atoms with Gasteiger partial charge in [0.2, 0.25) is 0 Å². The van der Waals surface area contributed by atoms with E-state index in [0.29, 0.717) is 25.4 Å². The monoisotopic (exact) mass is 267 g/mol. The zero-order valence-corrected chi connectivity index (χ0v) is 11.4. The first kappa shape index (κ1) is 14.1. The molecular weight excluding hydrogens is 246 g/mol. The van der Waals surface area contributed by atoms with Crippen molar-refractivity contribution in [2.24, 2.45) is 0 Å². The van der Waals surface area contributed by atoms with E-state index >= 15 is 0 Å². The first-order chi connectivity index (χ1) is 9.21. The maximum absolute atomic E-state index is 9.98. The van der Waals surface area contributed by atoms with Crippen molar-refractivity contribution < 1.29 is 19.3 Å². The topological polar surface area (TPSA) is 60.0 Å². The summed E-state index contributed by atoms with van der Waals surface area (Å²) in [4.78, 5) is 0. The molecule has 1 aromatic carbocycles. The maximum atomic E-state index is 9.98. The minimum absolute atomic E-state index is 0.187. The van der Waals surface area contributed by atoms with Gasteiger partial charge in [0.15, 0.2) is 11.5 Å². The molecule has 1 fully saturated rings. The van der Waals surface area contributed by atoms with Crippen LogP contribution in [-0.2, 0) is 16.0 Å². The first-order valence-electron chi connectivity index (χ1n) is 6.39. The van der Waals surface area contributed by atoms with Crippen LogP contribution < -0.4 is 10.1 Å². The Labute approximate surface area is 113 Å². The Morgan fingerprint density at radius 2 is 2.26 bits per heavy atom. The van der Waals surface area contributed by atoms with Gasteiger partial charge in [-0.1, -0.05) is 12.1 Å². The van der Waals surface area contributed by atoms with E-state index in [9.17, 15) is 5.11 Å². The van der Waals surface area contributed by atoms with Crippen molar-refractivity contribution >= 4 is 0 Å². The van der Waals surface area contributed by atoms with Crippen LogP contribution >= 0.6 is 0 Å². The highest BCUT2D eigenvalue weighted by atomic mass is 16.5. The van der Waals surface area contributed by atoms with E-state index in [-0.39, 0.29) is 11.4 Å². The van der Waals surface area contributed by atoms with Crippen molar-refractivity contribution in [3.63, 3.8) is 0 Å². The van der Waals surface area contributed by atoms with Crippen LogP contribution in [0.5, 0.6) is 11.5 Å². The lowest BCUT2D eigenvalue weighted by Gasteiger charge is -2.26. The summed E-state index contributed by atoms with van der Waals surface area (Å²) in [5.41, 5.74) is 0.568. The molecule has 0 radical (unpaired) electrons. The molecule has 2 rings (SSSR count). The summed E-state index contributed by atoms with van der Waals surface area (Å²) in [5.74, 6) is 0.677. The third kappa shape index (κ3) is 3.18. The van der Waals surface area contributed by atoms with Gasteiger partial charge in [-0.15, -0.1) is 0 Å². The van der Waals surface area contributed by atoms with Crippen molar-refractivity contribution in [2.45, 2.75) is 18.6 Å². The number of benzene rings is 1. The quantitative estimate of drug-likeness (QED) is 0.813. The van der Waals surface area contributed by atoms with Crippen LogP contribution in [0.3, 0.4) is 0 Å². The van der Waals surface area contributed by atoms with E-state index in [0.717, 1.165) is 18.6 Å². The summed E-state index contributed by atoms with van der Waals surface area (Å²) in [5, 5.41) is 13.3. The van der Waals surface area contributed by atoms with Crippen LogP contribution in [0.4, 0.5) is 0 Å². The van der Waals surface area contributed by atoms with Gasteiger partial charge >= 0.3 is 0 Å². The van der Waals surface area contributed by atoms with Gasteiger partial charge in [-0.2, -0.15) is 0 Å². The van der Waals surface area contributed by atoms with Crippen molar-refractivity contribution in [3.05, 3.63) is 23.8 Å². The van der Waals surface area contributed by atoms with Gasteiger partial charge in [0.1, 0.15) is 5.60 Å². The molecule has 1 aromatic rings. The number of aromatic hydroxyl groups is 1. The highest BCUT2D eigenvalue weighted by Crippen LogP contribution is 2.29. The molecule has 0 aromatic heterocycles. The fourth-order valence-corrected chi connectivity index (χ4v) is 2.26. The Morgan fingerprint density at radius 3 is 2.89 bits per heavy atom. The molecule has 1 unspecified atom stereocenters. The zero-order chi connectivity index (χ0) is 13.7. The van der Waals surface area contributed by atoms with Crippen LogP contribution in [0, 0.1) is 0 Å². The average molecular weight is 267 g/mol. The average Bonchev–Trinajstić information content (AvgIpc) is 2.90. The van der Waals surface area contributed by atoms with E-state index in [1.54, 1.807) is 20.3 Å². The summed E-state index contributed by atoms with van der Waals surface area (Å²) in [6.07, 6.45) is 0.889. The predicted octanol–water partition coefficient (Wildman–Crippen LogP) is 1.30. The van der Waals surface area contributed by atoms with Crippen molar-refractivity contribution in [1.29, 1.82) is 0 Å². The molecular formula is C14H21NO4. The summed E-state index contributed by atoms with van der Waals surface area (Å²) in [6, 6.07) is 5.47. The van der Waals surface area contributed by atoms with E-state index in [2.05, 4.69) is 5.32 Å². The van der Waals surface area contributed by atoms with Gasteiger partial charge in [-0.3, -0.25) is 0 Å². The number of rotatable bonds is 6. The van der Waals surface area contributed by atoms with Gasteiger partial charge in [-0.05, 0) is 6.07 Å². The third-order valence-corrected chi connectivity index (χ3v) is 3.57. The second-order valence-electron chi connectivity index (χ2n) is 4.76. The predicted molar refractivity (Wildman–Crippen MR) is 71.5 cm³/mol. The largest absolute Gasteiger partial charge is 0.504 e. The Hall–Kier alpha value is -1.30. The summed E-state index contributed by atoms with van der Waals surface area (Å²) < 4.78 is 16.0.